The molecule has 0 spiro atoms. The molecule has 0 aliphatic heterocycles. The minimum Gasteiger partial charge on any atom is -0.463 e. The molecule has 0 saturated carbocycles. The zero-order valence-electron chi connectivity index (χ0n) is 14.4. The number of para-hydroxylation sites is 2. The molecule has 25 heavy (non-hydrogen) atoms. The van der Waals surface area contributed by atoms with Crippen molar-refractivity contribution in [2.45, 2.75) is 23.9 Å². The smallest absolute Gasteiger partial charge is 0.373 e. The van der Waals surface area contributed by atoms with Crippen molar-refractivity contribution in [3.05, 3.63) is 47.9 Å². The molecule has 7 heteroatoms. The molecule has 1 unspecified atom stereocenters. The van der Waals surface area contributed by atoms with Crippen LogP contribution in [-0.4, -0.2) is 36.3 Å². The molecular weight excluding hydrogens is 340 g/mol. The first-order valence-electron chi connectivity index (χ1n) is 7.93. The van der Waals surface area contributed by atoms with E-state index in [0.29, 0.717) is 12.4 Å². The summed E-state index contributed by atoms with van der Waals surface area (Å²) >= 11 is 1.58. The number of fused-ring (bicyclic) bond motifs is 1. The zero-order valence-corrected chi connectivity index (χ0v) is 15.2. The van der Waals surface area contributed by atoms with Gasteiger partial charge >= 0.3 is 5.97 Å². The van der Waals surface area contributed by atoms with Crippen LogP contribution < -0.4 is 0 Å². The second kappa shape index (κ2) is 7.76. The number of nitrogens with zero attached hydrogens (tertiary/aromatic N) is 2. The number of hydrogen-bond donors (Lipinski definition) is 0. The first-order valence-corrected chi connectivity index (χ1v) is 8.81. The first kappa shape index (κ1) is 17.6. The molecule has 0 N–H and O–H groups in total. The maximum Gasteiger partial charge on any atom is 0.373 e. The third kappa shape index (κ3) is 3.72. The molecule has 1 aromatic carbocycles. The summed E-state index contributed by atoms with van der Waals surface area (Å²) in [6.45, 7) is 3.34. The summed E-state index contributed by atoms with van der Waals surface area (Å²) in [5.41, 5.74) is 2.02. The predicted molar refractivity (Wildman–Crippen MR) is 95.9 cm³/mol. The molecule has 0 bridgehead atoms. The van der Waals surface area contributed by atoms with Crippen LogP contribution in [0.25, 0.3) is 11.0 Å². The molecule has 3 aromatic rings. The van der Waals surface area contributed by atoms with Crippen LogP contribution in [0.5, 0.6) is 0 Å². The Hall–Kier alpha value is -2.25. The molecule has 0 aliphatic carbocycles. The topological polar surface area (TPSA) is 66.5 Å². The normalized spacial score (nSPS) is 12.4. The van der Waals surface area contributed by atoms with E-state index in [-0.39, 0.29) is 11.0 Å². The lowest BCUT2D eigenvalue weighted by atomic mass is 10.3. The molecule has 1 atom stereocenters. The van der Waals surface area contributed by atoms with Crippen molar-refractivity contribution in [2.24, 2.45) is 0 Å². The maximum atomic E-state index is 11.5. The Morgan fingerprint density at radius 1 is 1.28 bits per heavy atom. The molecule has 0 fully saturated rings. The van der Waals surface area contributed by atoms with Gasteiger partial charge in [-0.05, 0) is 31.2 Å². The van der Waals surface area contributed by atoms with Gasteiger partial charge < -0.3 is 18.5 Å². The van der Waals surface area contributed by atoms with Crippen molar-refractivity contribution in [1.29, 1.82) is 0 Å². The average molecular weight is 360 g/mol. The van der Waals surface area contributed by atoms with Crippen molar-refractivity contribution >= 4 is 28.8 Å². The minimum atomic E-state index is -0.476. The Bertz CT molecular complexity index is 871. The SMILES string of the molecule is COCCn1c(SC(C)c2ccc(C(=O)OC)o2)nc2ccccc21. The van der Waals surface area contributed by atoms with Crippen molar-refractivity contribution < 1.29 is 18.7 Å². The molecule has 0 radical (unpaired) electrons. The number of carbonyl (C=O) groups is 1. The van der Waals surface area contributed by atoms with Gasteiger partial charge in [-0.2, -0.15) is 0 Å². The third-order valence-electron chi connectivity index (χ3n) is 3.83. The number of ether oxygens (including phenoxy) is 2. The number of rotatable bonds is 7. The van der Waals surface area contributed by atoms with Gasteiger partial charge in [-0.15, -0.1) is 0 Å². The van der Waals surface area contributed by atoms with Crippen LogP contribution in [-0.2, 0) is 16.0 Å². The molecule has 2 heterocycles. The van der Waals surface area contributed by atoms with Gasteiger partial charge in [0.05, 0.1) is 30.0 Å². The lowest BCUT2D eigenvalue weighted by Crippen LogP contribution is -2.06. The summed E-state index contributed by atoms with van der Waals surface area (Å²) in [5, 5.41) is 0.887. The van der Waals surface area contributed by atoms with Crippen molar-refractivity contribution in [2.75, 3.05) is 20.8 Å². The number of methoxy groups -OCH3 is 2. The fourth-order valence-electron chi connectivity index (χ4n) is 2.54. The number of carbonyl (C=O) groups excluding carboxylic acids is 1. The highest BCUT2D eigenvalue weighted by Gasteiger charge is 2.19. The number of furan rings is 1. The van der Waals surface area contributed by atoms with Crippen LogP contribution in [0.3, 0.4) is 0 Å². The summed E-state index contributed by atoms with van der Waals surface area (Å²) in [4.78, 5) is 16.3. The van der Waals surface area contributed by atoms with Crippen molar-refractivity contribution in [3.63, 3.8) is 0 Å². The van der Waals surface area contributed by atoms with E-state index in [1.807, 2.05) is 25.1 Å². The van der Waals surface area contributed by atoms with Crippen LogP contribution in [0.15, 0.2) is 46.0 Å². The molecule has 2 aromatic heterocycles. The Balaban J connectivity index is 1.86. The quantitative estimate of drug-likeness (QED) is 0.470. The number of benzene rings is 1. The molecule has 132 valence electrons. The van der Waals surface area contributed by atoms with E-state index in [0.717, 1.165) is 22.7 Å². The van der Waals surface area contributed by atoms with E-state index in [4.69, 9.17) is 14.1 Å². The largest absolute Gasteiger partial charge is 0.463 e. The second-order valence-electron chi connectivity index (χ2n) is 5.48. The van der Waals surface area contributed by atoms with Gasteiger partial charge in [-0.25, -0.2) is 9.78 Å². The lowest BCUT2D eigenvalue weighted by Gasteiger charge is -2.11. The van der Waals surface area contributed by atoms with Gasteiger partial charge in [0.15, 0.2) is 5.16 Å². The monoisotopic (exact) mass is 360 g/mol. The van der Waals surface area contributed by atoms with Crippen LogP contribution in [0.1, 0.15) is 28.5 Å². The standard InChI is InChI=1S/C18H20N2O4S/c1-12(15-8-9-16(24-15)17(21)23-3)25-18-19-13-6-4-5-7-14(13)20(18)10-11-22-2/h4-9,12H,10-11H2,1-3H3. The van der Waals surface area contributed by atoms with E-state index in [2.05, 4.69) is 15.4 Å². The van der Waals surface area contributed by atoms with E-state index in [1.54, 1.807) is 31.0 Å². The number of aromatic nitrogens is 2. The number of esters is 1. The summed E-state index contributed by atoms with van der Waals surface area (Å²) in [6.07, 6.45) is 0. The zero-order chi connectivity index (χ0) is 17.8. The van der Waals surface area contributed by atoms with Gasteiger partial charge in [-0.1, -0.05) is 23.9 Å². The van der Waals surface area contributed by atoms with Gasteiger partial charge in [0, 0.05) is 13.7 Å². The highest BCUT2D eigenvalue weighted by atomic mass is 32.2. The van der Waals surface area contributed by atoms with Gasteiger partial charge in [0.2, 0.25) is 5.76 Å². The molecule has 0 saturated heterocycles. The molecule has 0 aliphatic rings. The molecule has 3 rings (SSSR count). The fourth-order valence-corrected chi connectivity index (χ4v) is 3.57. The number of thioether (sulfide) groups is 1. The van der Waals surface area contributed by atoms with E-state index in [9.17, 15) is 4.79 Å². The first-order chi connectivity index (χ1) is 12.1. The van der Waals surface area contributed by atoms with Crippen LogP contribution >= 0.6 is 11.8 Å². The Morgan fingerprint density at radius 2 is 2.08 bits per heavy atom. The van der Waals surface area contributed by atoms with Crippen LogP contribution in [0.4, 0.5) is 0 Å². The minimum absolute atomic E-state index is 0.00323. The second-order valence-corrected chi connectivity index (χ2v) is 6.79. The fraction of sp³-hybridized carbons (Fsp3) is 0.333. The number of hydrogen-bond acceptors (Lipinski definition) is 6. The number of imidazole rings is 1. The van der Waals surface area contributed by atoms with Gasteiger partial charge in [0.25, 0.3) is 0 Å². The Kier molecular flexibility index (Phi) is 5.45. The molecular formula is C18H20N2O4S. The van der Waals surface area contributed by atoms with E-state index in [1.165, 1.54) is 7.11 Å². The third-order valence-corrected chi connectivity index (χ3v) is 4.94. The Morgan fingerprint density at radius 3 is 2.84 bits per heavy atom. The highest BCUT2D eigenvalue weighted by Crippen LogP contribution is 2.36. The molecule has 0 amide bonds. The molecule has 6 nitrogen and oxygen atoms in total. The van der Waals surface area contributed by atoms with Crippen molar-refractivity contribution in [1.82, 2.24) is 9.55 Å². The lowest BCUT2D eigenvalue weighted by molar-refractivity contribution is 0.0563. The summed E-state index contributed by atoms with van der Waals surface area (Å²) in [7, 11) is 3.02. The van der Waals surface area contributed by atoms with E-state index >= 15 is 0 Å². The van der Waals surface area contributed by atoms with Crippen LogP contribution in [0.2, 0.25) is 0 Å². The van der Waals surface area contributed by atoms with Gasteiger partial charge in [0.1, 0.15) is 5.76 Å². The predicted octanol–water partition coefficient (Wildman–Crippen LogP) is 3.92. The maximum absolute atomic E-state index is 11.5. The highest BCUT2D eigenvalue weighted by molar-refractivity contribution is 7.99. The van der Waals surface area contributed by atoms with E-state index < -0.39 is 5.97 Å². The van der Waals surface area contributed by atoms with Crippen LogP contribution in [0, 0.1) is 0 Å². The van der Waals surface area contributed by atoms with Gasteiger partial charge in [-0.3, -0.25) is 0 Å². The Labute approximate surface area is 150 Å². The summed E-state index contributed by atoms with van der Waals surface area (Å²) < 4.78 is 17.7. The average Bonchev–Trinajstić information content (AvgIpc) is 3.24. The summed E-state index contributed by atoms with van der Waals surface area (Å²) in [6, 6.07) is 11.5. The van der Waals surface area contributed by atoms with Crippen molar-refractivity contribution in [3.8, 4) is 0 Å². The summed E-state index contributed by atoms with van der Waals surface area (Å²) in [5.74, 6) is 0.435.